The normalized spacial score (nSPS) is 15.1. The van der Waals surface area contributed by atoms with Gasteiger partial charge in [0.15, 0.2) is 0 Å². The summed E-state index contributed by atoms with van der Waals surface area (Å²) in [5, 5.41) is 18.6. The van der Waals surface area contributed by atoms with Gasteiger partial charge in [0.1, 0.15) is 5.75 Å². The van der Waals surface area contributed by atoms with E-state index in [-0.39, 0.29) is 12.4 Å². The van der Waals surface area contributed by atoms with Gasteiger partial charge < -0.3 is 15.9 Å². The fourth-order valence-corrected chi connectivity index (χ4v) is 1.75. The Morgan fingerprint density at radius 1 is 1.43 bits per heavy atom. The second kappa shape index (κ2) is 3.98. The van der Waals surface area contributed by atoms with E-state index in [2.05, 4.69) is 0 Å². The molecule has 0 aliphatic heterocycles. The van der Waals surface area contributed by atoms with Crippen molar-refractivity contribution in [2.24, 2.45) is 5.73 Å². The van der Waals surface area contributed by atoms with Crippen LogP contribution >= 0.6 is 0 Å². The number of aromatic hydroxyl groups is 1. The molecule has 0 saturated carbocycles. The Balaban J connectivity index is 3.17. The molecule has 1 atom stereocenters. The van der Waals surface area contributed by atoms with Crippen molar-refractivity contribution < 1.29 is 10.2 Å². The molecular weight excluding hydrogens is 178 g/mol. The van der Waals surface area contributed by atoms with Crippen molar-refractivity contribution in [1.29, 1.82) is 0 Å². The molecule has 1 aromatic rings. The summed E-state index contributed by atoms with van der Waals surface area (Å²) in [5.41, 5.74) is 7.02. The van der Waals surface area contributed by atoms with E-state index in [1.807, 2.05) is 19.9 Å². The van der Waals surface area contributed by atoms with Gasteiger partial charge in [-0.3, -0.25) is 0 Å². The maximum atomic E-state index is 9.69. The van der Waals surface area contributed by atoms with E-state index in [9.17, 15) is 5.11 Å². The first kappa shape index (κ1) is 11.0. The number of benzene rings is 1. The molecule has 1 aromatic carbocycles. The Morgan fingerprint density at radius 2 is 2.07 bits per heavy atom. The molecule has 3 nitrogen and oxygen atoms in total. The van der Waals surface area contributed by atoms with Crippen LogP contribution in [0, 0.1) is 6.92 Å². The number of aliphatic hydroxyl groups excluding tert-OH is 1. The van der Waals surface area contributed by atoms with Crippen LogP contribution in [-0.4, -0.2) is 16.8 Å². The van der Waals surface area contributed by atoms with Crippen LogP contribution in [0.15, 0.2) is 18.2 Å². The van der Waals surface area contributed by atoms with Crippen molar-refractivity contribution >= 4 is 0 Å². The summed E-state index contributed by atoms with van der Waals surface area (Å²) >= 11 is 0. The van der Waals surface area contributed by atoms with Crippen LogP contribution in [0.25, 0.3) is 0 Å². The SMILES string of the molecule is Cc1cccc(O)c1C(C)(N)CCO. The second-order valence-corrected chi connectivity index (χ2v) is 3.86. The molecule has 0 heterocycles. The lowest BCUT2D eigenvalue weighted by Gasteiger charge is -2.26. The quantitative estimate of drug-likeness (QED) is 0.680. The number of phenolic OH excluding ortho intramolecular Hbond substituents is 1. The van der Waals surface area contributed by atoms with E-state index < -0.39 is 5.54 Å². The topological polar surface area (TPSA) is 66.5 Å². The van der Waals surface area contributed by atoms with Crippen LogP contribution in [0.2, 0.25) is 0 Å². The Bertz CT molecular complexity index is 301. The zero-order valence-corrected chi connectivity index (χ0v) is 8.62. The Labute approximate surface area is 84.2 Å². The molecule has 0 saturated heterocycles. The van der Waals surface area contributed by atoms with Crippen LogP contribution in [0.1, 0.15) is 24.5 Å². The monoisotopic (exact) mass is 195 g/mol. The lowest BCUT2D eigenvalue weighted by atomic mass is 9.86. The zero-order valence-electron chi connectivity index (χ0n) is 8.62. The third-order valence-corrected chi connectivity index (χ3v) is 2.45. The fraction of sp³-hybridized carbons (Fsp3) is 0.455. The van der Waals surface area contributed by atoms with E-state index >= 15 is 0 Å². The minimum Gasteiger partial charge on any atom is -0.508 e. The molecular formula is C11H17NO2. The lowest BCUT2D eigenvalue weighted by molar-refractivity contribution is 0.244. The summed E-state index contributed by atoms with van der Waals surface area (Å²) in [6.07, 6.45) is 0.436. The lowest BCUT2D eigenvalue weighted by Crippen LogP contribution is -2.34. The van der Waals surface area contributed by atoms with E-state index in [0.717, 1.165) is 5.56 Å². The molecule has 0 aromatic heterocycles. The molecule has 0 spiro atoms. The molecule has 78 valence electrons. The van der Waals surface area contributed by atoms with Crippen molar-refractivity contribution in [1.82, 2.24) is 0 Å². The zero-order chi connectivity index (χ0) is 10.8. The van der Waals surface area contributed by atoms with Gasteiger partial charge in [-0.2, -0.15) is 0 Å². The van der Waals surface area contributed by atoms with Gasteiger partial charge in [0.25, 0.3) is 0 Å². The molecule has 0 bridgehead atoms. The van der Waals surface area contributed by atoms with Crippen molar-refractivity contribution in [3.63, 3.8) is 0 Å². The number of aryl methyl sites for hydroxylation is 1. The highest BCUT2D eigenvalue weighted by Crippen LogP contribution is 2.32. The third-order valence-electron chi connectivity index (χ3n) is 2.45. The number of nitrogens with two attached hydrogens (primary N) is 1. The van der Waals surface area contributed by atoms with Crippen molar-refractivity contribution in [3.05, 3.63) is 29.3 Å². The van der Waals surface area contributed by atoms with Gasteiger partial charge in [0.05, 0.1) is 0 Å². The average Bonchev–Trinajstić information content (AvgIpc) is 2.02. The third kappa shape index (κ3) is 2.05. The smallest absolute Gasteiger partial charge is 0.120 e. The molecule has 1 unspecified atom stereocenters. The maximum Gasteiger partial charge on any atom is 0.120 e. The van der Waals surface area contributed by atoms with Crippen LogP contribution in [0.3, 0.4) is 0 Å². The van der Waals surface area contributed by atoms with Gasteiger partial charge in [0, 0.05) is 17.7 Å². The first-order chi connectivity index (χ1) is 6.49. The summed E-state index contributed by atoms with van der Waals surface area (Å²) in [6, 6.07) is 5.30. The van der Waals surface area contributed by atoms with Crippen LogP contribution in [0.5, 0.6) is 5.75 Å². The maximum absolute atomic E-state index is 9.69. The first-order valence-corrected chi connectivity index (χ1v) is 4.68. The van der Waals surface area contributed by atoms with Gasteiger partial charge in [-0.15, -0.1) is 0 Å². The highest BCUT2D eigenvalue weighted by molar-refractivity contribution is 5.43. The number of aliphatic hydroxyl groups is 1. The van der Waals surface area contributed by atoms with E-state index in [1.165, 1.54) is 0 Å². The Morgan fingerprint density at radius 3 is 2.57 bits per heavy atom. The highest BCUT2D eigenvalue weighted by Gasteiger charge is 2.25. The summed E-state index contributed by atoms with van der Waals surface area (Å²) in [7, 11) is 0. The first-order valence-electron chi connectivity index (χ1n) is 4.68. The number of hydrogen-bond acceptors (Lipinski definition) is 3. The van der Waals surface area contributed by atoms with Crippen LogP contribution in [-0.2, 0) is 5.54 Å². The largest absolute Gasteiger partial charge is 0.508 e. The van der Waals surface area contributed by atoms with Gasteiger partial charge in [-0.25, -0.2) is 0 Å². The molecule has 0 fully saturated rings. The minimum atomic E-state index is -0.676. The minimum absolute atomic E-state index is 0.0147. The van der Waals surface area contributed by atoms with Gasteiger partial charge in [-0.1, -0.05) is 12.1 Å². The summed E-state index contributed by atoms with van der Waals surface area (Å²) in [5.74, 6) is 0.198. The van der Waals surface area contributed by atoms with Gasteiger partial charge >= 0.3 is 0 Å². The number of phenols is 1. The predicted molar refractivity (Wildman–Crippen MR) is 56.1 cm³/mol. The van der Waals surface area contributed by atoms with Crippen LogP contribution < -0.4 is 5.73 Å². The summed E-state index contributed by atoms with van der Waals surface area (Å²) in [6.45, 7) is 3.73. The fourth-order valence-electron chi connectivity index (χ4n) is 1.75. The second-order valence-electron chi connectivity index (χ2n) is 3.86. The van der Waals surface area contributed by atoms with Gasteiger partial charge in [0.2, 0.25) is 0 Å². The van der Waals surface area contributed by atoms with Crippen molar-refractivity contribution in [2.75, 3.05) is 6.61 Å². The summed E-state index contributed by atoms with van der Waals surface area (Å²) in [4.78, 5) is 0. The summed E-state index contributed by atoms with van der Waals surface area (Å²) < 4.78 is 0. The molecule has 0 amide bonds. The number of hydrogen-bond donors (Lipinski definition) is 3. The molecule has 0 radical (unpaired) electrons. The molecule has 0 aliphatic carbocycles. The van der Waals surface area contributed by atoms with E-state index in [1.54, 1.807) is 12.1 Å². The predicted octanol–water partition coefficient (Wildman–Crippen LogP) is 1.26. The van der Waals surface area contributed by atoms with Gasteiger partial charge in [-0.05, 0) is 31.9 Å². The highest BCUT2D eigenvalue weighted by atomic mass is 16.3. The Hall–Kier alpha value is -1.06. The standard InChI is InChI=1S/C11H17NO2/c1-8-4-3-5-9(14)10(8)11(2,12)6-7-13/h3-5,13-14H,6-7,12H2,1-2H3. The molecule has 1 rings (SSSR count). The Kier molecular flexibility index (Phi) is 3.13. The van der Waals surface area contributed by atoms with Crippen molar-refractivity contribution in [3.8, 4) is 5.75 Å². The van der Waals surface area contributed by atoms with Crippen molar-refractivity contribution in [2.45, 2.75) is 25.8 Å². The molecule has 3 heteroatoms. The molecule has 4 N–H and O–H groups in total. The molecule has 0 aliphatic rings. The number of rotatable bonds is 3. The average molecular weight is 195 g/mol. The van der Waals surface area contributed by atoms with Crippen LogP contribution in [0.4, 0.5) is 0 Å². The van der Waals surface area contributed by atoms with E-state index in [4.69, 9.17) is 10.8 Å². The van der Waals surface area contributed by atoms with E-state index in [0.29, 0.717) is 12.0 Å². The molecule has 14 heavy (non-hydrogen) atoms.